The van der Waals surface area contributed by atoms with Gasteiger partial charge in [0.05, 0.1) is 10.8 Å². The molecule has 0 aliphatic rings. The van der Waals surface area contributed by atoms with Crippen molar-refractivity contribution in [1.29, 1.82) is 0 Å². The molecule has 0 bridgehead atoms. The van der Waals surface area contributed by atoms with Crippen molar-refractivity contribution in [2.45, 2.75) is 25.2 Å². The lowest BCUT2D eigenvalue weighted by Gasteiger charge is -2.08. The molecule has 0 saturated carbocycles. The first-order valence-corrected chi connectivity index (χ1v) is 8.04. The second kappa shape index (κ2) is 6.00. The number of aliphatic carboxylic acids is 1. The molecule has 1 heterocycles. The number of thioether (sulfide) groups is 1. The summed E-state index contributed by atoms with van der Waals surface area (Å²) in [5.74, 6) is -1.41. The maximum absolute atomic E-state index is 11.3. The molecule has 0 aliphatic carbocycles. The fraction of sp³-hybridized carbons (Fsp3) is 0.400. The van der Waals surface area contributed by atoms with Gasteiger partial charge in [-0.3, -0.25) is 14.9 Å². The summed E-state index contributed by atoms with van der Waals surface area (Å²) in [5, 5.41) is 21.3. The van der Waals surface area contributed by atoms with Crippen LogP contribution in [0.4, 0.5) is 5.69 Å². The summed E-state index contributed by atoms with van der Waals surface area (Å²) < 4.78 is 1.79. The van der Waals surface area contributed by atoms with E-state index in [0.717, 1.165) is 21.5 Å². The minimum Gasteiger partial charge on any atom is -0.481 e. The van der Waals surface area contributed by atoms with E-state index in [-0.39, 0.29) is 5.69 Å². The molecular weight excluding hydrogens is 304 g/mol. The number of carboxylic acid groups (broad SMARTS) is 1. The first kappa shape index (κ1) is 16.4. The number of carboxylic acids is 1. The molecule has 0 spiro atoms. The van der Waals surface area contributed by atoms with Gasteiger partial charge in [0.25, 0.3) is 5.69 Å². The smallest absolute Gasteiger partial charge is 0.306 e. The molecule has 7 heteroatoms. The summed E-state index contributed by atoms with van der Waals surface area (Å²) in [6, 6.07) is 3.25. The van der Waals surface area contributed by atoms with Crippen LogP contribution < -0.4 is 0 Å². The third-order valence-electron chi connectivity index (χ3n) is 4.04. The molecular formula is C15H18N2O4S. The van der Waals surface area contributed by atoms with Crippen LogP contribution in [0.15, 0.2) is 17.0 Å². The van der Waals surface area contributed by atoms with Crippen LogP contribution in [0.1, 0.15) is 18.2 Å². The van der Waals surface area contributed by atoms with E-state index >= 15 is 0 Å². The van der Waals surface area contributed by atoms with Crippen molar-refractivity contribution >= 4 is 34.3 Å². The van der Waals surface area contributed by atoms with Crippen molar-refractivity contribution in [3.63, 3.8) is 0 Å². The molecule has 1 unspecified atom stereocenters. The number of hydrogen-bond acceptors (Lipinski definition) is 4. The van der Waals surface area contributed by atoms with Crippen molar-refractivity contribution in [2.24, 2.45) is 13.0 Å². The van der Waals surface area contributed by atoms with Crippen LogP contribution in [0.2, 0.25) is 0 Å². The van der Waals surface area contributed by atoms with Crippen molar-refractivity contribution in [2.75, 3.05) is 6.26 Å². The Bertz CT molecular complexity index is 767. The lowest BCUT2D eigenvalue weighted by molar-refractivity contribution is -0.383. The van der Waals surface area contributed by atoms with Crippen LogP contribution in [0.25, 0.3) is 10.9 Å². The summed E-state index contributed by atoms with van der Waals surface area (Å²) in [7, 11) is 1.78. The Balaban J connectivity index is 2.81. The van der Waals surface area contributed by atoms with Crippen LogP contribution in [-0.2, 0) is 18.3 Å². The van der Waals surface area contributed by atoms with Gasteiger partial charge >= 0.3 is 5.97 Å². The van der Waals surface area contributed by atoms with Crippen LogP contribution >= 0.6 is 11.8 Å². The Hall–Kier alpha value is -2.02. The third-order valence-corrected chi connectivity index (χ3v) is 4.82. The van der Waals surface area contributed by atoms with E-state index < -0.39 is 16.8 Å². The largest absolute Gasteiger partial charge is 0.481 e. The van der Waals surface area contributed by atoms with E-state index in [1.165, 1.54) is 17.8 Å². The molecule has 0 saturated heterocycles. The van der Waals surface area contributed by atoms with Crippen LogP contribution in [-0.4, -0.2) is 26.8 Å². The standard InChI is InChI=1S/C15H18N2O4S/c1-8(15(18)19)7-10-9(2)16(3)14-11(17(20)21)5-6-12(22-4)13(10)14/h5-6,8H,7H2,1-4H3,(H,18,19). The van der Waals surface area contributed by atoms with Crippen molar-refractivity contribution in [1.82, 2.24) is 4.57 Å². The topological polar surface area (TPSA) is 85.4 Å². The second-order valence-corrected chi connectivity index (χ2v) is 6.18. The van der Waals surface area contributed by atoms with Gasteiger partial charge in [-0.1, -0.05) is 6.92 Å². The number of rotatable bonds is 5. The van der Waals surface area contributed by atoms with Crippen LogP contribution in [0.3, 0.4) is 0 Å². The second-order valence-electron chi connectivity index (χ2n) is 5.33. The average molecular weight is 322 g/mol. The van der Waals surface area contributed by atoms with Crippen LogP contribution in [0.5, 0.6) is 0 Å². The Morgan fingerprint density at radius 3 is 2.64 bits per heavy atom. The van der Waals surface area contributed by atoms with Gasteiger partial charge in [-0.25, -0.2) is 0 Å². The molecule has 22 heavy (non-hydrogen) atoms. The predicted octanol–water partition coefficient (Wildman–Crippen LogP) is 3.38. The number of carbonyl (C=O) groups is 1. The van der Waals surface area contributed by atoms with Gasteiger partial charge < -0.3 is 9.67 Å². The molecule has 118 valence electrons. The first-order valence-electron chi connectivity index (χ1n) is 6.81. The van der Waals surface area contributed by atoms with Gasteiger partial charge in [-0.2, -0.15) is 0 Å². The number of aromatic nitrogens is 1. The van der Waals surface area contributed by atoms with Crippen molar-refractivity contribution in [3.05, 3.63) is 33.5 Å². The molecule has 6 nitrogen and oxygen atoms in total. The fourth-order valence-electron chi connectivity index (χ4n) is 2.70. The number of nitrogens with zero attached hydrogens (tertiary/aromatic N) is 2. The van der Waals surface area contributed by atoms with Crippen LogP contribution in [0, 0.1) is 23.0 Å². The van der Waals surface area contributed by atoms with Gasteiger partial charge in [-0.05, 0) is 31.2 Å². The Morgan fingerprint density at radius 1 is 1.50 bits per heavy atom. The van der Waals surface area contributed by atoms with E-state index in [4.69, 9.17) is 5.11 Å². The van der Waals surface area contributed by atoms with Gasteiger partial charge in [-0.15, -0.1) is 11.8 Å². The maximum atomic E-state index is 11.3. The first-order chi connectivity index (χ1) is 10.3. The minimum atomic E-state index is -0.868. The Kier molecular flexibility index (Phi) is 4.46. The summed E-state index contributed by atoms with van der Waals surface area (Å²) in [5.41, 5.74) is 2.35. The lowest BCUT2D eigenvalue weighted by atomic mass is 9.98. The molecule has 0 fully saturated rings. The highest BCUT2D eigenvalue weighted by Crippen LogP contribution is 2.39. The third kappa shape index (κ3) is 2.56. The number of nitro groups is 1. The molecule has 1 N–H and O–H groups in total. The predicted molar refractivity (Wildman–Crippen MR) is 86.6 cm³/mol. The van der Waals surface area contributed by atoms with Gasteiger partial charge in [0.1, 0.15) is 5.52 Å². The average Bonchev–Trinajstić information content (AvgIpc) is 2.71. The molecule has 0 amide bonds. The van der Waals surface area contributed by atoms with E-state index in [2.05, 4.69) is 0 Å². The highest BCUT2D eigenvalue weighted by atomic mass is 32.2. The highest BCUT2D eigenvalue weighted by Gasteiger charge is 2.25. The Labute approximate surface area is 132 Å². The zero-order valence-electron chi connectivity index (χ0n) is 12.9. The number of non-ortho nitro benzene ring substituents is 1. The number of nitro benzene ring substituents is 1. The van der Waals surface area contributed by atoms with E-state index in [0.29, 0.717) is 11.9 Å². The number of aryl methyl sites for hydroxylation is 1. The molecule has 1 aromatic carbocycles. The molecule has 2 aromatic rings. The normalized spacial score (nSPS) is 12.5. The van der Waals surface area contributed by atoms with E-state index in [9.17, 15) is 14.9 Å². The van der Waals surface area contributed by atoms with E-state index in [1.807, 2.05) is 13.2 Å². The maximum Gasteiger partial charge on any atom is 0.306 e. The van der Waals surface area contributed by atoms with Crippen molar-refractivity contribution < 1.29 is 14.8 Å². The Morgan fingerprint density at radius 2 is 2.14 bits per heavy atom. The number of benzene rings is 1. The SMILES string of the molecule is CSc1ccc([N+](=O)[O-])c2c1c(CC(C)C(=O)O)c(C)n2C. The van der Waals surface area contributed by atoms with Gasteiger partial charge in [0.15, 0.2) is 0 Å². The molecule has 2 rings (SSSR count). The number of fused-ring (bicyclic) bond motifs is 1. The lowest BCUT2D eigenvalue weighted by Crippen LogP contribution is -2.12. The zero-order chi connectivity index (χ0) is 16.6. The summed E-state index contributed by atoms with van der Waals surface area (Å²) in [6.07, 6.45) is 2.26. The summed E-state index contributed by atoms with van der Waals surface area (Å²) >= 11 is 1.51. The zero-order valence-corrected chi connectivity index (χ0v) is 13.7. The molecule has 0 radical (unpaired) electrons. The highest BCUT2D eigenvalue weighted by molar-refractivity contribution is 7.98. The number of hydrogen-bond donors (Lipinski definition) is 1. The monoisotopic (exact) mass is 322 g/mol. The summed E-state index contributed by atoms with van der Waals surface area (Å²) in [4.78, 5) is 23.0. The van der Waals surface area contributed by atoms with E-state index in [1.54, 1.807) is 24.6 Å². The quantitative estimate of drug-likeness (QED) is 0.518. The molecule has 1 atom stereocenters. The van der Waals surface area contributed by atoms with Gasteiger partial charge in [0, 0.05) is 29.1 Å². The fourth-order valence-corrected chi connectivity index (χ4v) is 3.33. The van der Waals surface area contributed by atoms with Gasteiger partial charge in [0.2, 0.25) is 0 Å². The molecule has 1 aromatic heterocycles. The van der Waals surface area contributed by atoms with Crippen molar-refractivity contribution in [3.8, 4) is 0 Å². The minimum absolute atomic E-state index is 0.0487. The molecule has 0 aliphatic heterocycles. The summed E-state index contributed by atoms with van der Waals surface area (Å²) in [6.45, 7) is 3.52.